The van der Waals surface area contributed by atoms with Crippen LogP contribution in [0.25, 0.3) is 0 Å². The van der Waals surface area contributed by atoms with Crippen LogP contribution in [0.5, 0.6) is 5.75 Å². The Kier molecular flexibility index (Phi) is 7.90. The van der Waals surface area contributed by atoms with Crippen LogP contribution in [0.4, 0.5) is 11.4 Å². The summed E-state index contributed by atoms with van der Waals surface area (Å²) in [5.74, 6) is 0.860. The Bertz CT molecular complexity index is 922. The molecule has 0 spiro atoms. The van der Waals surface area contributed by atoms with Crippen LogP contribution in [-0.2, 0) is 6.54 Å². The van der Waals surface area contributed by atoms with E-state index in [2.05, 4.69) is 73.3 Å². The highest BCUT2D eigenvalue weighted by Crippen LogP contribution is 2.26. The Hall–Kier alpha value is -3.27. The van der Waals surface area contributed by atoms with Gasteiger partial charge in [-0.3, -0.25) is 5.01 Å². The molecule has 4 heteroatoms. The second-order valence-electron chi connectivity index (χ2n) is 6.95. The number of para-hydroxylation sites is 1. The number of nitrogens with zero attached hydrogens (tertiary/aromatic N) is 3. The smallest absolute Gasteiger partial charge is 0.130 e. The Morgan fingerprint density at radius 2 is 1.47 bits per heavy atom. The van der Waals surface area contributed by atoms with E-state index in [0.29, 0.717) is 13.2 Å². The monoisotopic (exact) mass is 401 g/mol. The molecule has 0 bridgehead atoms. The molecule has 0 N–H and O–H groups in total. The van der Waals surface area contributed by atoms with Gasteiger partial charge < -0.3 is 9.64 Å². The van der Waals surface area contributed by atoms with Gasteiger partial charge >= 0.3 is 0 Å². The third-order valence-corrected chi connectivity index (χ3v) is 4.99. The summed E-state index contributed by atoms with van der Waals surface area (Å²) in [6, 6.07) is 27.0. The largest absolute Gasteiger partial charge is 0.493 e. The SMILES string of the molecule is CCOc1cc(N(CC)CC)ccc1/C=N/N(Cc1ccccc1)c1ccccc1. The van der Waals surface area contributed by atoms with E-state index in [-0.39, 0.29) is 0 Å². The predicted molar refractivity (Wildman–Crippen MR) is 128 cm³/mol. The Balaban J connectivity index is 1.90. The van der Waals surface area contributed by atoms with Crippen molar-refractivity contribution in [1.82, 2.24) is 0 Å². The van der Waals surface area contributed by atoms with Gasteiger partial charge in [0, 0.05) is 30.4 Å². The average molecular weight is 402 g/mol. The Morgan fingerprint density at radius 3 is 2.10 bits per heavy atom. The van der Waals surface area contributed by atoms with Gasteiger partial charge in [-0.05, 0) is 50.6 Å². The van der Waals surface area contributed by atoms with E-state index in [1.807, 2.05) is 42.4 Å². The predicted octanol–water partition coefficient (Wildman–Crippen LogP) is 5.97. The molecule has 3 aromatic carbocycles. The van der Waals surface area contributed by atoms with Crippen LogP contribution in [0.2, 0.25) is 0 Å². The fourth-order valence-corrected chi connectivity index (χ4v) is 3.38. The molecule has 4 nitrogen and oxygen atoms in total. The second-order valence-corrected chi connectivity index (χ2v) is 6.95. The zero-order valence-electron chi connectivity index (χ0n) is 18.2. The van der Waals surface area contributed by atoms with Crippen molar-refractivity contribution >= 4 is 17.6 Å². The molecule has 156 valence electrons. The first-order chi connectivity index (χ1) is 14.7. The molecule has 3 rings (SSSR count). The molecule has 0 heterocycles. The summed E-state index contributed by atoms with van der Waals surface area (Å²) in [5, 5.41) is 6.85. The van der Waals surface area contributed by atoms with Gasteiger partial charge in [-0.15, -0.1) is 0 Å². The molecule has 0 amide bonds. The minimum Gasteiger partial charge on any atom is -0.493 e. The molecular weight excluding hydrogens is 370 g/mol. The van der Waals surface area contributed by atoms with Crippen molar-refractivity contribution in [2.24, 2.45) is 5.10 Å². The summed E-state index contributed by atoms with van der Waals surface area (Å²) in [6.45, 7) is 9.60. The first-order valence-electron chi connectivity index (χ1n) is 10.7. The van der Waals surface area contributed by atoms with Gasteiger partial charge in [0.2, 0.25) is 0 Å². The molecule has 0 saturated carbocycles. The lowest BCUT2D eigenvalue weighted by Gasteiger charge is -2.22. The van der Waals surface area contributed by atoms with E-state index in [9.17, 15) is 0 Å². The topological polar surface area (TPSA) is 28.1 Å². The van der Waals surface area contributed by atoms with E-state index >= 15 is 0 Å². The summed E-state index contributed by atoms with van der Waals surface area (Å²) in [6.07, 6.45) is 1.90. The lowest BCUT2D eigenvalue weighted by Crippen LogP contribution is -2.21. The van der Waals surface area contributed by atoms with Crippen LogP contribution in [0, 0.1) is 0 Å². The molecule has 0 unspecified atom stereocenters. The minimum absolute atomic E-state index is 0.620. The number of benzene rings is 3. The van der Waals surface area contributed by atoms with Crippen LogP contribution < -0.4 is 14.6 Å². The van der Waals surface area contributed by atoms with Crippen molar-refractivity contribution in [3.05, 3.63) is 90.0 Å². The average Bonchev–Trinajstić information content (AvgIpc) is 2.80. The first kappa shape index (κ1) is 21.4. The van der Waals surface area contributed by atoms with Gasteiger partial charge in [0.15, 0.2) is 0 Å². The molecular formula is C26H31N3O. The molecule has 0 aromatic heterocycles. The van der Waals surface area contributed by atoms with E-state index in [1.165, 1.54) is 11.3 Å². The summed E-state index contributed by atoms with van der Waals surface area (Å²) < 4.78 is 5.94. The highest BCUT2D eigenvalue weighted by Gasteiger charge is 2.09. The van der Waals surface area contributed by atoms with Crippen LogP contribution in [0.15, 0.2) is 84.0 Å². The lowest BCUT2D eigenvalue weighted by atomic mass is 10.1. The third kappa shape index (κ3) is 5.63. The zero-order chi connectivity index (χ0) is 21.2. The summed E-state index contributed by atoms with van der Waals surface area (Å²) in [4.78, 5) is 2.31. The summed E-state index contributed by atoms with van der Waals surface area (Å²) in [5.41, 5.74) is 4.40. The van der Waals surface area contributed by atoms with E-state index < -0.39 is 0 Å². The highest BCUT2D eigenvalue weighted by molar-refractivity contribution is 5.85. The van der Waals surface area contributed by atoms with E-state index in [1.54, 1.807) is 0 Å². The quantitative estimate of drug-likeness (QED) is 0.309. The van der Waals surface area contributed by atoms with E-state index in [0.717, 1.165) is 30.1 Å². The van der Waals surface area contributed by atoms with Crippen molar-refractivity contribution in [3.63, 3.8) is 0 Å². The van der Waals surface area contributed by atoms with Gasteiger partial charge in [-0.1, -0.05) is 48.5 Å². The third-order valence-electron chi connectivity index (χ3n) is 4.99. The fraction of sp³-hybridized carbons (Fsp3) is 0.269. The lowest BCUT2D eigenvalue weighted by molar-refractivity contribution is 0.340. The molecule has 0 aliphatic carbocycles. The number of hydrogen-bond donors (Lipinski definition) is 0. The van der Waals surface area contributed by atoms with Crippen LogP contribution in [-0.4, -0.2) is 25.9 Å². The minimum atomic E-state index is 0.620. The number of ether oxygens (including phenoxy) is 1. The second kappa shape index (κ2) is 11.1. The number of anilines is 2. The zero-order valence-corrected chi connectivity index (χ0v) is 18.2. The first-order valence-corrected chi connectivity index (χ1v) is 10.7. The van der Waals surface area contributed by atoms with Crippen LogP contribution in [0.3, 0.4) is 0 Å². The van der Waals surface area contributed by atoms with Crippen molar-refractivity contribution in [3.8, 4) is 5.75 Å². The molecule has 0 atom stereocenters. The molecule has 0 fully saturated rings. The number of hydrogen-bond acceptors (Lipinski definition) is 4. The number of rotatable bonds is 10. The molecule has 0 aliphatic heterocycles. The highest BCUT2D eigenvalue weighted by atomic mass is 16.5. The fourth-order valence-electron chi connectivity index (χ4n) is 3.38. The molecule has 30 heavy (non-hydrogen) atoms. The van der Waals surface area contributed by atoms with Crippen LogP contribution >= 0.6 is 0 Å². The maximum absolute atomic E-state index is 5.94. The number of hydrazone groups is 1. The normalized spacial score (nSPS) is 10.9. The maximum atomic E-state index is 5.94. The van der Waals surface area contributed by atoms with Crippen molar-refractivity contribution in [2.75, 3.05) is 29.6 Å². The van der Waals surface area contributed by atoms with Crippen molar-refractivity contribution in [1.29, 1.82) is 0 Å². The van der Waals surface area contributed by atoms with E-state index in [4.69, 9.17) is 9.84 Å². The molecule has 0 saturated heterocycles. The van der Waals surface area contributed by atoms with Gasteiger partial charge in [0.25, 0.3) is 0 Å². The van der Waals surface area contributed by atoms with Gasteiger partial charge in [0.05, 0.1) is 25.1 Å². The van der Waals surface area contributed by atoms with Gasteiger partial charge in [-0.25, -0.2) is 0 Å². The van der Waals surface area contributed by atoms with Crippen molar-refractivity contribution < 1.29 is 4.74 Å². The Labute approximate surface area is 180 Å². The molecule has 0 aliphatic rings. The van der Waals surface area contributed by atoms with Crippen LogP contribution in [0.1, 0.15) is 31.9 Å². The summed E-state index contributed by atoms with van der Waals surface area (Å²) >= 11 is 0. The maximum Gasteiger partial charge on any atom is 0.130 e. The van der Waals surface area contributed by atoms with Crippen molar-refractivity contribution in [2.45, 2.75) is 27.3 Å². The van der Waals surface area contributed by atoms with Gasteiger partial charge in [0.1, 0.15) is 5.75 Å². The Morgan fingerprint density at radius 1 is 0.800 bits per heavy atom. The molecule has 3 aromatic rings. The standard InChI is InChI=1S/C26H31N3O/c1-4-28(5-2)25-18-17-23(26(19-25)30-6-3)20-27-29(24-15-11-8-12-16-24)21-22-13-9-7-10-14-22/h7-20H,4-6,21H2,1-3H3/b27-20+. The molecule has 0 radical (unpaired) electrons. The summed E-state index contributed by atoms with van der Waals surface area (Å²) in [7, 11) is 0. The van der Waals surface area contributed by atoms with Gasteiger partial charge in [-0.2, -0.15) is 5.10 Å².